The molecule has 1 aromatic carbocycles. The summed E-state index contributed by atoms with van der Waals surface area (Å²) in [5, 5.41) is 7.38. The Balaban J connectivity index is 2.80. The first-order valence-corrected chi connectivity index (χ1v) is 6.46. The van der Waals surface area contributed by atoms with E-state index in [1.807, 2.05) is 13.8 Å². The lowest BCUT2D eigenvalue weighted by Crippen LogP contribution is -2.37. The standard InChI is InChI=1S/C13H17F2N3OS/c1-8(2)16-13(20)18-17-9(3)10-6-4-5-7-11(10)19-12(14)15/h4-8,12H,1-3H3,(H2,16,18,20). The Morgan fingerprint density at radius 2 is 1.95 bits per heavy atom. The Hall–Kier alpha value is -1.76. The van der Waals surface area contributed by atoms with Crippen molar-refractivity contribution in [3.05, 3.63) is 29.8 Å². The molecular weight excluding hydrogens is 284 g/mol. The number of rotatable bonds is 5. The average Bonchev–Trinajstić information content (AvgIpc) is 2.35. The van der Waals surface area contributed by atoms with Crippen LogP contribution in [0.3, 0.4) is 0 Å². The third-order valence-electron chi connectivity index (χ3n) is 2.24. The van der Waals surface area contributed by atoms with Gasteiger partial charge in [0.2, 0.25) is 0 Å². The molecular formula is C13H17F2N3OS. The molecule has 0 fully saturated rings. The molecule has 1 aromatic rings. The van der Waals surface area contributed by atoms with E-state index in [9.17, 15) is 8.78 Å². The monoisotopic (exact) mass is 301 g/mol. The molecule has 0 aliphatic rings. The lowest BCUT2D eigenvalue weighted by Gasteiger charge is -2.12. The Morgan fingerprint density at radius 3 is 2.55 bits per heavy atom. The maximum Gasteiger partial charge on any atom is 0.387 e. The summed E-state index contributed by atoms with van der Waals surface area (Å²) in [6, 6.07) is 6.63. The zero-order valence-corrected chi connectivity index (χ0v) is 12.3. The first kappa shape index (κ1) is 16.3. The summed E-state index contributed by atoms with van der Waals surface area (Å²) in [6.45, 7) is 2.69. The fourth-order valence-electron chi connectivity index (χ4n) is 1.45. The number of halogens is 2. The molecule has 0 saturated heterocycles. The Bertz CT molecular complexity index is 492. The first-order valence-electron chi connectivity index (χ1n) is 6.05. The van der Waals surface area contributed by atoms with Crippen LogP contribution >= 0.6 is 12.2 Å². The molecule has 0 saturated carbocycles. The van der Waals surface area contributed by atoms with Crippen molar-refractivity contribution in [2.75, 3.05) is 0 Å². The normalized spacial score (nSPS) is 11.7. The Labute approximate surface area is 122 Å². The van der Waals surface area contributed by atoms with Gasteiger partial charge >= 0.3 is 6.61 Å². The van der Waals surface area contributed by atoms with E-state index >= 15 is 0 Å². The zero-order chi connectivity index (χ0) is 15.1. The molecule has 0 aliphatic carbocycles. The number of nitrogens with one attached hydrogen (secondary N) is 2. The van der Waals surface area contributed by atoms with Crippen LogP contribution in [0.15, 0.2) is 29.4 Å². The third-order valence-corrected chi connectivity index (χ3v) is 2.45. The molecule has 0 bridgehead atoms. The van der Waals surface area contributed by atoms with E-state index in [1.165, 1.54) is 6.07 Å². The fraction of sp³-hybridized carbons (Fsp3) is 0.385. The smallest absolute Gasteiger partial charge is 0.387 e. The Morgan fingerprint density at radius 1 is 1.30 bits per heavy atom. The SMILES string of the molecule is CC(=NNC(=S)NC(C)C)c1ccccc1OC(F)F. The molecule has 110 valence electrons. The molecule has 0 spiro atoms. The van der Waals surface area contributed by atoms with Crippen LogP contribution in [0.1, 0.15) is 26.3 Å². The largest absolute Gasteiger partial charge is 0.434 e. The maximum absolute atomic E-state index is 12.3. The van der Waals surface area contributed by atoms with Crippen molar-refractivity contribution in [2.45, 2.75) is 33.4 Å². The van der Waals surface area contributed by atoms with Crippen molar-refractivity contribution in [2.24, 2.45) is 5.10 Å². The molecule has 0 aliphatic heterocycles. The molecule has 0 radical (unpaired) electrons. The van der Waals surface area contributed by atoms with Crippen LogP contribution in [0.5, 0.6) is 5.75 Å². The summed E-state index contributed by atoms with van der Waals surface area (Å²) in [5.74, 6) is 0.0771. The molecule has 1 rings (SSSR count). The second kappa shape index (κ2) is 7.74. The van der Waals surface area contributed by atoms with Gasteiger partial charge in [-0.25, -0.2) is 0 Å². The van der Waals surface area contributed by atoms with E-state index in [2.05, 4.69) is 20.6 Å². The number of hydrazone groups is 1. The lowest BCUT2D eigenvalue weighted by atomic mass is 10.1. The van der Waals surface area contributed by atoms with Gasteiger partial charge in [-0.3, -0.25) is 5.43 Å². The minimum Gasteiger partial charge on any atom is -0.434 e. The summed E-state index contributed by atoms with van der Waals surface area (Å²) in [4.78, 5) is 0. The van der Waals surface area contributed by atoms with E-state index < -0.39 is 6.61 Å². The maximum atomic E-state index is 12.3. The molecule has 0 atom stereocenters. The van der Waals surface area contributed by atoms with Gasteiger partial charge in [0.15, 0.2) is 5.11 Å². The van der Waals surface area contributed by atoms with E-state index in [0.717, 1.165) is 0 Å². The first-order chi connectivity index (χ1) is 9.40. The molecule has 0 amide bonds. The fourth-order valence-corrected chi connectivity index (χ4v) is 1.73. The highest BCUT2D eigenvalue weighted by Crippen LogP contribution is 2.20. The molecule has 0 unspecified atom stereocenters. The highest BCUT2D eigenvalue weighted by atomic mass is 32.1. The van der Waals surface area contributed by atoms with Crippen molar-refractivity contribution in [3.8, 4) is 5.75 Å². The van der Waals surface area contributed by atoms with E-state index in [1.54, 1.807) is 25.1 Å². The van der Waals surface area contributed by atoms with Crippen LogP contribution in [-0.4, -0.2) is 23.5 Å². The topological polar surface area (TPSA) is 45.7 Å². The molecule has 0 aromatic heterocycles. The summed E-state index contributed by atoms with van der Waals surface area (Å²) in [6.07, 6.45) is 0. The summed E-state index contributed by atoms with van der Waals surface area (Å²) >= 11 is 5.02. The highest BCUT2D eigenvalue weighted by molar-refractivity contribution is 7.80. The second-order valence-electron chi connectivity index (χ2n) is 4.31. The summed E-state index contributed by atoms with van der Waals surface area (Å²) in [7, 11) is 0. The quantitative estimate of drug-likeness (QED) is 0.499. The van der Waals surface area contributed by atoms with E-state index in [-0.39, 0.29) is 11.8 Å². The van der Waals surface area contributed by atoms with Crippen LogP contribution in [0.4, 0.5) is 8.78 Å². The predicted octanol–water partition coefficient (Wildman–Crippen LogP) is 2.88. The molecule has 0 heterocycles. The van der Waals surface area contributed by atoms with Crippen LogP contribution in [0.25, 0.3) is 0 Å². The van der Waals surface area contributed by atoms with Crippen molar-refractivity contribution in [3.63, 3.8) is 0 Å². The van der Waals surface area contributed by atoms with E-state index in [0.29, 0.717) is 16.4 Å². The van der Waals surface area contributed by atoms with Crippen LogP contribution in [0, 0.1) is 0 Å². The summed E-state index contributed by atoms with van der Waals surface area (Å²) < 4.78 is 29.1. The minimum absolute atomic E-state index is 0.0771. The van der Waals surface area contributed by atoms with E-state index in [4.69, 9.17) is 12.2 Å². The van der Waals surface area contributed by atoms with Crippen molar-refractivity contribution < 1.29 is 13.5 Å². The number of hydrogen-bond donors (Lipinski definition) is 2. The van der Waals surface area contributed by atoms with Gasteiger partial charge in [-0.15, -0.1) is 0 Å². The average molecular weight is 301 g/mol. The Kier molecular flexibility index (Phi) is 6.30. The lowest BCUT2D eigenvalue weighted by molar-refractivity contribution is -0.0499. The molecule has 2 N–H and O–H groups in total. The van der Waals surface area contributed by atoms with Gasteiger partial charge in [-0.1, -0.05) is 12.1 Å². The number of alkyl halides is 2. The highest BCUT2D eigenvalue weighted by Gasteiger charge is 2.11. The predicted molar refractivity (Wildman–Crippen MR) is 79.3 cm³/mol. The number of thiocarbonyl (C=S) groups is 1. The number of ether oxygens (including phenoxy) is 1. The molecule has 4 nitrogen and oxygen atoms in total. The summed E-state index contributed by atoms with van der Waals surface area (Å²) in [5.41, 5.74) is 3.63. The van der Waals surface area contributed by atoms with Crippen molar-refractivity contribution in [1.82, 2.24) is 10.7 Å². The molecule has 7 heteroatoms. The van der Waals surface area contributed by atoms with Gasteiger partial charge in [0.05, 0.1) is 5.71 Å². The van der Waals surface area contributed by atoms with Crippen molar-refractivity contribution in [1.29, 1.82) is 0 Å². The second-order valence-corrected chi connectivity index (χ2v) is 4.72. The van der Waals surface area contributed by atoms with Gasteiger partial charge in [-0.05, 0) is 45.1 Å². The minimum atomic E-state index is -2.87. The molecule has 20 heavy (non-hydrogen) atoms. The van der Waals surface area contributed by atoms with Gasteiger partial charge < -0.3 is 10.1 Å². The van der Waals surface area contributed by atoms with Gasteiger partial charge in [-0.2, -0.15) is 13.9 Å². The van der Waals surface area contributed by atoms with Gasteiger partial charge in [0.25, 0.3) is 0 Å². The third kappa shape index (κ3) is 5.48. The van der Waals surface area contributed by atoms with Gasteiger partial charge in [0.1, 0.15) is 5.75 Å². The van der Waals surface area contributed by atoms with Crippen LogP contribution in [-0.2, 0) is 0 Å². The number of para-hydroxylation sites is 1. The number of hydrogen-bond acceptors (Lipinski definition) is 3. The van der Waals surface area contributed by atoms with Gasteiger partial charge in [0, 0.05) is 11.6 Å². The van der Waals surface area contributed by atoms with Crippen LogP contribution < -0.4 is 15.5 Å². The number of benzene rings is 1. The zero-order valence-electron chi connectivity index (χ0n) is 11.5. The number of nitrogens with zero attached hydrogens (tertiary/aromatic N) is 1. The van der Waals surface area contributed by atoms with Crippen LogP contribution in [0.2, 0.25) is 0 Å². The van der Waals surface area contributed by atoms with Crippen molar-refractivity contribution >= 4 is 23.0 Å².